The topological polar surface area (TPSA) is 50.4 Å². The van der Waals surface area contributed by atoms with Gasteiger partial charge in [0.25, 0.3) is 0 Å². The molecule has 1 heterocycles. The van der Waals surface area contributed by atoms with Crippen molar-refractivity contribution in [2.24, 2.45) is 5.92 Å². The van der Waals surface area contributed by atoms with Crippen molar-refractivity contribution >= 4 is 5.91 Å². The molecule has 0 aromatic heterocycles. The number of amides is 1. The van der Waals surface area contributed by atoms with E-state index in [4.69, 9.17) is 4.74 Å². The van der Waals surface area contributed by atoms with E-state index in [1.165, 1.54) is 0 Å². The molecule has 1 fully saturated rings. The second-order valence-electron chi connectivity index (χ2n) is 5.01. The molecule has 1 aliphatic rings. The molecule has 1 saturated heterocycles. The molecule has 2 N–H and O–H groups in total. The Morgan fingerprint density at radius 1 is 1.53 bits per heavy atom. The lowest BCUT2D eigenvalue weighted by Gasteiger charge is -2.16. The van der Waals surface area contributed by atoms with E-state index in [0.29, 0.717) is 18.6 Å². The number of nitrogens with one attached hydrogen (secondary N) is 2. The average molecular weight is 242 g/mol. The molecule has 3 atom stereocenters. The van der Waals surface area contributed by atoms with Crippen molar-refractivity contribution in [3.05, 3.63) is 0 Å². The van der Waals surface area contributed by atoms with Gasteiger partial charge in [-0.1, -0.05) is 13.3 Å². The Hall–Kier alpha value is -0.610. The van der Waals surface area contributed by atoms with Crippen molar-refractivity contribution in [1.29, 1.82) is 0 Å². The van der Waals surface area contributed by atoms with E-state index in [1.54, 1.807) is 0 Å². The van der Waals surface area contributed by atoms with Gasteiger partial charge in [-0.3, -0.25) is 4.79 Å². The predicted molar refractivity (Wildman–Crippen MR) is 68.9 cm³/mol. The van der Waals surface area contributed by atoms with Crippen LogP contribution in [0.3, 0.4) is 0 Å². The van der Waals surface area contributed by atoms with Crippen molar-refractivity contribution < 1.29 is 9.53 Å². The molecule has 1 aliphatic heterocycles. The Balaban J connectivity index is 2.07. The maximum atomic E-state index is 11.6. The molecule has 100 valence electrons. The van der Waals surface area contributed by atoms with Crippen LogP contribution < -0.4 is 10.6 Å². The van der Waals surface area contributed by atoms with Crippen molar-refractivity contribution in [3.8, 4) is 0 Å². The van der Waals surface area contributed by atoms with Gasteiger partial charge in [0.2, 0.25) is 5.91 Å². The van der Waals surface area contributed by atoms with Gasteiger partial charge in [0, 0.05) is 19.2 Å². The Bertz CT molecular complexity index is 233. The van der Waals surface area contributed by atoms with E-state index in [2.05, 4.69) is 24.5 Å². The fourth-order valence-electron chi connectivity index (χ4n) is 2.25. The summed E-state index contributed by atoms with van der Waals surface area (Å²) in [5, 5.41) is 6.20. The van der Waals surface area contributed by atoms with Gasteiger partial charge >= 0.3 is 0 Å². The fourth-order valence-corrected chi connectivity index (χ4v) is 2.25. The van der Waals surface area contributed by atoms with Crippen molar-refractivity contribution in [2.75, 3.05) is 19.7 Å². The van der Waals surface area contributed by atoms with Crippen molar-refractivity contribution in [3.63, 3.8) is 0 Å². The van der Waals surface area contributed by atoms with Crippen LogP contribution >= 0.6 is 0 Å². The Morgan fingerprint density at radius 3 is 2.88 bits per heavy atom. The van der Waals surface area contributed by atoms with E-state index in [0.717, 1.165) is 32.4 Å². The number of rotatable bonds is 7. The number of hydrogen-bond donors (Lipinski definition) is 2. The van der Waals surface area contributed by atoms with Crippen LogP contribution in [-0.4, -0.2) is 37.7 Å². The van der Waals surface area contributed by atoms with Gasteiger partial charge in [-0.15, -0.1) is 0 Å². The highest BCUT2D eigenvalue weighted by Crippen LogP contribution is 2.18. The highest BCUT2D eigenvalue weighted by molar-refractivity contribution is 5.78. The number of carbonyl (C=O) groups excluding carboxylic acids is 1. The third-order valence-corrected chi connectivity index (χ3v) is 3.35. The summed E-state index contributed by atoms with van der Waals surface area (Å²) in [6, 6.07) is 0.281. The average Bonchev–Trinajstić information content (AvgIpc) is 2.64. The minimum Gasteiger partial charge on any atom is -0.378 e. The first-order valence-corrected chi connectivity index (χ1v) is 6.75. The van der Waals surface area contributed by atoms with Crippen LogP contribution in [0.2, 0.25) is 0 Å². The Morgan fingerprint density at radius 2 is 2.29 bits per heavy atom. The summed E-state index contributed by atoms with van der Waals surface area (Å²) in [7, 11) is 0. The second-order valence-corrected chi connectivity index (χ2v) is 5.01. The summed E-state index contributed by atoms with van der Waals surface area (Å²) in [6.45, 7) is 8.42. The minimum absolute atomic E-state index is 0.0949. The van der Waals surface area contributed by atoms with Crippen molar-refractivity contribution in [1.82, 2.24) is 10.6 Å². The monoisotopic (exact) mass is 242 g/mol. The molecule has 3 unspecified atom stereocenters. The zero-order chi connectivity index (χ0) is 12.7. The quantitative estimate of drug-likeness (QED) is 0.707. The number of hydrogen-bond acceptors (Lipinski definition) is 3. The molecular weight excluding hydrogens is 216 g/mol. The molecule has 0 aliphatic carbocycles. The molecule has 0 bridgehead atoms. The van der Waals surface area contributed by atoms with Crippen LogP contribution in [0, 0.1) is 5.92 Å². The summed E-state index contributed by atoms with van der Waals surface area (Å²) in [5.74, 6) is 0.647. The van der Waals surface area contributed by atoms with E-state index in [1.807, 2.05) is 6.92 Å². The van der Waals surface area contributed by atoms with Crippen LogP contribution in [0.4, 0.5) is 0 Å². The molecule has 4 heteroatoms. The summed E-state index contributed by atoms with van der Waals surface area (Å²) in [6.07, 6.45) is 3.57. The Labute approximate surface area is 104 Å². The molecule has 0 spiro atoms. The van der Waals surface area contributed by atoms with Gasteiger partial charge < -0.3 is 15.4 Å². The first-order chi connectivity index (χ1) is 8.13. The summed E-state index contributed by atoms with van der Waals surface area (Å²) >= 11 is 0. The summed E-state index contributed by atoms with van der Waals surface area (Å²) < 4.78 is 5.48. The third-order valence-electron chi connectivity index (χ3n) is 3.35. The zero-order valence-electron chi connectivity index (χ0n) is 11.3. The van der Waals surface area contributed by atoms with Gasteiger partial charge in [0.15, 0.2) is 0 Å². The molecule has 1 rings (SSSR count). The zero-order valence-corrected chi connectivity index (χ0v) is 11.3. The first kappa shape index (κ1) is 14.5. The SMILES string of the molecule is CCCC(C)NC(=O)CNCC1CCOC1C. The van der Waals surface area contributed by atoms with Crippen LogP contribution in [-0.2, 0) is 9.53 Å². The largest absolute Gasteiger partial charge is 0.378 e. The Kier molecular flexibility index (Phi) is 6.52. The van der Waals surface area contributed by atoms with Crippen LogP contribution in [0.5, 0.6) is 0 Å². The van der Waals surface area contributed by atoms with E-state index < -0.39 is 0 Å². The van der Waals surface area contributed by atoms with Gasteiger partial charge in [-0.2, -0.15) is 0 Å². The standard InChI is InChI=1S/C13H26N2O2/c1-4-5-10(2)15-13(16)9-14-8-12-6-7-17-11(12)3/h10-12,14H,4-9H2,1-3H3,(H,15,16). The molecular formula is C13H26N2O2. The van der Waals surface area contributed by atoms with E-state index >= 15 is 0 Å². The van der Waals surface area contributed by atoms with Gasteiger partial charge in [0.05, 0.1) is 12.6 Å². The minimum atomic E-state index is 0.0949. The summed E-state index contributed by atoms with van der Waals surface area (Å²) in [5.41, 5.74) is 0. The van der Waals surface area contributed by atoms with Crippen LogP contribution in [0.1, 0.15) is 40.0 Å². The molecule has 1 amide bonds. The lowest BCUT2D eigenvalue weighted by molar-refractivity contribution is -0.120. The maximum absolute atomic E-state index is 11.6. The van der Waals surface area contributed by atoms with Crippen LogP contribution in [0.15, 0.2) is 0 Å². The molecule has 4 nitrogen and oxygen atoms in total. The highest BCUT2D eigenvalue weighted by atomic mass is 16.5. The molecule has 0 aromatic rings. The lowest BCUT2D eigenvalue weighted by atomic mass is 10.0. The molecule has 0 radical (unpaired) electrons. The molecule has 0 saturated carbocycles. The number of ether oxygens (including phenoxy) is 1. The van der Waals surface area contributed by atoms with E-state index in [9.17, 15) is 4.79 Å². The van der Waals surface area contributed by atoms with Gasteiger partial charge in [-0.05, 0) is 32.6 Å². The third kappa shape index (κ3) is 5.50. The normalized spacial score (nSPS) is 25.8. The smallest absolute Gasteiger partial charge is 0.234 e. The maximum Gasteiger partial charge on any atom is 0.234 e. The lowest BCUT2D eigenvalue weighted by Crippen LogP contribution is -2.40. The predicted octanol–water partition coefficient (Wildman–Crippen LogP) is 1.31. The fraction of sp³-hybridized carbons (Fsp3) is 0.923. The first-order valence-electron chi connectivity index (χ1n) is 6.75. The van der Waals surface area contributed by atoms with Gasteiger partial charge in [0.1, 0.15) is 0 Å². The highest BCUT2D eigenvalue weighted by Gasteiger charge is 2.23. The number of carbonyl (C=O) groups is 1. The van der Waals surface area contributed by atoms with Gasteiger partial charge in [-0.25, -0.2) is 0 Å². The second kappa shape index (κ2) is 7.67. The van der Waals surface area contributed by atoms with E-state index in [-0.39, 0.29) is 11.9 Å². The molecule has 17 heavy (non-hydrogen) atoms. The van der Waals surface area contributed by atoms with Crippen molar-refractivity contribution in [2.45, 2.75) is 52.2 Å². The molecule has 0 aromatic carbocycles. The van der Waals surface area contributed by atoms with Crippen LogP contribution in [0.25, 0.3) is 0 Å². The summed E-state index contributed by atoms with van der Waals surface area (Å²) in [4.78, 5) is 11.6.